The quantitative estimate of drug-likeness (QED) is 0.303. The van der Waals surface area contributed by atoms with Crippen LogP contribution in [0.1, 0.15) is 16.7 Å². The minimum absolute atomic E-state index is 0.143. The van der Waals surface area contributed by atoms with E-state index in [0.717, 1.165) is 17.3 Å². The second-order valence-electron chi connectivity index (χ2n) is 7.08. The van der Waals surface area contributed by atoms with Gasteiger partial charge in [0.25, 0.3) is 11.2 Å². The van der Waals surface area contributed by atoms with Gasteiger partial charge in [0.15, 0.2) is 5.82 Å². The summed E-state index contributed by atoms with van der Waals surface area (Å²) in [6.07, 6.45) is 2.52. The van der Waals surface area contributed by atoms with Crippen molar-refractivity contribution in [2.75, 3.05) is 0 Å². The number of rotatable bonds is 4. The van der Waals surface area contributed by atoms with E-state index < -0.39 is 4.92 Å². The fourth-order valence-electron chi connectivity index (χ4n) is 3.29. The van der Waals surface area contributed by atoms with Crippen molar-refractivity contribution in [2.45, 2.75) is 13.8 Å². The predicted octanol–water partition coefficient (Wildman–Crippen LogP) is 4.37. The average Bonchev–Trinajstić information content (AvgIpc) is 2.76. The monoisotopic (exact) mass is 414 g/mol. The summed E-state index contributed by atoms with van der Waals surface area (Å²) in [6.45, 7) is 3.90. The molecule has 0 aliphatic carbocycles. The van der Waals surface area contributed by atoms with Gasteiger partial charge in [0.2, 0.25) is 5.88 Å². The second-order valence-corrected chi connectivity index (χ2v) is 7.08. The van der Waals surface area contributed by atoms with Gasteiger partial charge in [-0.15, -0.1) is 0 Å². The maximum absolute atomic E-state index is 13.2. The Morgan fingerprint density at radius 3 is 2.45 bits per heavy atom. The molecule has 4 aromatic rings. The molecule has 0 fully saturated rings. The first kappa shape index (κ1) is 20.0. The summed E-state index contributed by atoms with van der Waals surface area (Å²) in [5, 5.41) is 22.8. The molecule has 0 aliphatic heterocycles. The summed E-state index contributed by atoms with van der Waals surface area (Å²) in [4.78, 5) is 31.6. The molecule has 8 heteroatoms. The van der Waals surface area contributed by atoms with Crippen molar-refractivity contribution in [1.29, 1.82) is 0 Å². The first-order chi connectivity index (χ1) is 14.9. The van der Waals surface area contributed by atoms with Crippen molar-refractivity contribution in [3.05, 3.63) is 98.0 Å². The van der Waals surface area contributed by atoms with Gasteiger partial charge in [-0.2, -0.15) is 0 Å². The van der Waals surface area contributed by atoms with Crippen LogP contribution < -0.4 is 5.56 Å². The van der Waals surface area contributed by atoms with Gasteiger partial charge in [-0.25, -0.2) is 14.5 Å². The van der Waals surface area contributed by atoms with Gasteiger partial charge in [0, 0.05) is 23.1 Å². The number of aromatic hydroxyl groups is 1. The molecule has 154 valence electrons. The highest BCUT2D eigenvalue weighted by Gasteiger charge is 2.16. The van der Waals surface area contributed by atoms with Crippen LogP contribution in [0.4, 0.5) is 11.5 Å². The number of fused-ring (bicyclic) bond motifs is 1. The number of nitro groups is 1. The van der Waals surface area contributed by atoms with Gasteiger partial charge in [-0.05, 0) is 49.2 Å². The molecule has 1 N–H and O–H groups in total. The van der Waals surface area contributed by atoms with Crippen LogP contribution in [0.2, 0.25) is 0 Å². The molecule has 0 saturated heterocycles. The number of hydrogen-bond acceptors (Lipinski definition) is 6. The van der Waals surface area contributed by atoms with Crippen molar-refractivity contribution in [3.63, 3.8) is 0 Å². The number of hydrogen-bond donors (Lipinski definition) is 1. The van der Waals surface area contributed by atoms with Gasteiger partial charge in [-0.1, -0.05) is 24.3 Å². The molecule has 0 amide bonds. The van der Waals surface area contributed by atoms with E-state index in [1.807, 2.05) is 26.0 Å². The van der Waals surface area contributed by atoms with Crippen LogP contribution in [0, 0.1) is 24.0 Å². The lowest BCUT2D eigenvalue weighted by atomic mass is 10.1. The van der Waals surface area contributed by atoms with Crippen LogP contribution in [0.25, 0.3) is 16.5 Å². The Hall–Kier alpha value is -4.33. The molecule has 2 aromatic carbocycles. The molecule has 0 aliphatic rings. The SMILES string of the molecule is Cc1ccc(-n2c(O)c(C=Nc3ccc([N+](=O)[O-])cn3)c3ccccc3c2=O)cc1C. The number of aryl methyl sites for hydroxylation is 2. The second kappa shape index (κ2) is 7.83. The maximum atomic E-state index is 13.2. The van der Waals surface area contributed by atoms with Crippen molar-refractivity contribution in [3.8, 4) is 11.6 Å². The first-order valence-corrected chi connectivity index (χ1v) is 9.45. The highest BCUT2D eigenvalue weighted by molar-refractivity contribution is 6.02. The predicted molar refractivity (Wildman–Crippen MR) is 119 cm³/mol. The molecule has 2 aromatic heterocycles. The summed E-state index contributed by atoms with van der Waals surface area (Å²) in [6, 6.07) is 15.2. The number of aliphatic imine (C=N–C) groups is 1. The number of pyridine rings is 2. The van der Waals surface area contributed by atoms with Crippen LogP contribution in [0.3, 0.4) is 0 Å². The van der Waals surface area contributed by atoms with Crippen LogP contribution in [-0.4, -0.2) is 25.8 Å². The molecule has 0 saturated carbocycles. The van der Waals surface area contributed by atoms with Gasteiger partial charge < -0.3 is 5.11 Å². The largest absolute Gasteiger partial charge is 0.494 e. The normalized spacial score (nSPS) is 11.3. The smallest absolute Gasteiger partial charge is 0.287 e. The van der Waals surface area contributed by atoms with E-state index in [0.29, 0.717) is 22.0 Å². The maximum Gasteiger partial charge on any atom is 0.287 e. The lowest BCUT2D eigenvalue weighted by Crippen LogP contribution is -2.20. The number of aromatic nitrogens is 2. The van der Waals surface area contributed by atoms with Crippen LogP contribution in [0.5, 0.6) is 5.88 Å². The fourth-order valence-corrected chi connectivity index (χ4v) is 3.29. The Labute approximate surface area is 176 Å². The third-order valence-corrected chi connectivity index (χ3v) is 5.12. The molecule has 0 radical (unpaired) electrons. The third-order valence-electron chi connectivity index (χ3n) is 5.12. The Bertz CT molecular complexity index is 1410. The molecule has 31 heavy (non-hydrogen) atoms. The van der Waals surface area contributed by atoms with Crippen LogP contribution in [-0.2, 0) is 0 Å². The van der Waals surface area contributed by atoms with Crippen LogP contribution >= 0.6 is 0 Å². The number of benzene rings is 2. The van der Waals surface area contributed by atoms with Gasteiger partial charge in [0.05, 0.1) is 16.2 Å². The van der Waals surface area contributed by atoms with Gasteiger partial charge in [0.1, 0.15) is 6.20 Å². The zero-order valence-electron chi connectivity index (χ0n) is 16.8. The minimum Gasteiger partial charge on any atom is -0.494 e. The molecule has 0 atom stereocenters. The molecule has 0 unspecified atom stereocenters. The molecule has 0 spiro atoms. The molecule has 2 heterocycles. The van der Waals surface area contributed by atoms with Crippen molar-refractivity contribution in [2.24, 2.45) is 4.99 Å². The highest BCUT2D eigenvalue weighted by atomic mass is 16.6. The molecule has 0 bridgehead atoms. The summed E-state index contributed by atoms with van der Waals surface area (Å²) in [5.41, 5.74) is 2.45. The fraction of sp³-hybridized carbons (Fsp3) is 0.0870. The summed E-state index contributed by atoms with van der Waals surface area (Å²) < 4.78 is 1.25. The van der Waals surface area contributed by atoms with E-state index >= 15 is 0 Å². The molecular formula is C23H18N4O4. The summed E-state index contributed by atoms with van der Waals surface area (Å²) >= 11 is 0. The van der Waals surface area contributed by atoms with Crippen molar-refractivity contribution >= 4 is 28.5 Å². The molecular weight excluding hydrogens is 396 g/mol. The highest BCUT2D eigenvalue weighted by Crippen LogP contribution is 2.27. The van der Waals surface area contributed by atoms with E-state index in [9.17, 15) is 20.0 Å². The van der Waals surface area contributed by atoms with E-state index in [1.54, 1.807) is 30.3 Å². The topological polar surface area (TPSA) is 111 Å². The van der Waals surface area contributed by atoms with E-state index in [-0.39, 0.29) is 22.9 Å². The number of nitrogens with zero attached hydrogens (tertiary/aromatic N) is 4. The molecule has 4 rings (SSSR count). The summed E-state index contributed by atoms with van der Waals surface area (Å²) in [5.74, 6) is -0.0179. The van der Waals surface area contributed by atoms with E-state index in [1.165, 1.54) is 22.9 Å². The lowest BCUT2D eigenvalue weighted by molar-refractivity contribution is -0.385. The minimum atomic E-state index is -0.542. The standard InChI is InChI=1S/C23H18N4O4/c1-14-7-8-16(11-15(14)2)26-22(28)19-6-4-3-5-18(19)20(23(26)29)13-25-21-10-9-17(12-24-21)27(30)31/h3-13,29H,1-2H3. The third kappa shape index (κ3) is 3.66. The molecule has 8 nitrogen and oxygen atoms in total. The van der Waals surface area contributed by atoms with Crippen molar-refractivity contribution in [1.82, 2.24) is 9.55 Å². The van der Waals surface area contributed by atoms with E-state index in [2.05, 4.69) is 9.98 Å². The van der Waals surface area contributed by atoms with Gasteiger partial charge >= 0.3 is 0 Å². The Morgan fingerprint density at radius 2 is 1.81 bits per heavy atom. The Morgan fingerprint density at radius 1 is 1.06 bits per heavy atom. The lowest BCUT2D eigenvalue weighted by Gasteiger charge is -2.14. The zero-order valence-corrected chi connectivity index (χ0v) is 16.8. The first-order valence-electron chi connectivity index (χ1n) is 9.45. The van der Waals surface area contributed by atoms with Gasteiger partial charge in [-0.3, -0.25) is 14.9 Å². The van der Waals surface area contributed by atoms with E-state index in [4.69, 9.17) is 0 Å². The Kier molecular flexibility index (Phi) is 5.04. The Balaban J connectivity index is 1.91. The summed E-state index contributed by atoms with van der Waals surface area (Å²) in [7, 11) is 0. The van der Waals surface area contributed by atoms with Crippen LogP contribution in [0.15, 0.2) is 70.6 Å². The van der Waals surface area contributed by atoms with Crippen molar-refractivity contribution < 1.29 is 10.0 Å². The average molecular weight is 414 g/mol. The zero-order chi connectivity index (χ0) is 22.1.